The summed E-state index contributed by atoms with van der Waals surface area (Å²) >= 11 is 0. The normalized spacial score (nSPS) is 13.5. The molecule has 0 aliphatic rings. The highest BCUT2D eigenvalue weighted by Gasteiger charge is 2.43. The molecule has 0 bridgehead atoms. The summed E-state index contributed by atoms with van der Waals surface area (Å²) in [6, 6.07) is 2.21. The lowest BCUT2D eigenvalue weighted by atomic mass is 9.75. The molecule has 248 valence electrons. The molecule has 0 aromatic rings. The van der Waals surface area contributed by atoms with E-state index in [1.54, 1.807) is 71.1 Å². The van der Waals surface area contributed by atoms with Gasteiger partial charge < -0.3 is 54.2 Å². The topological polar surface area (TPSA) is 105 Å². The molecule has 41 heavy (non-hydrogen) atoms. The summed E-state index contributed by atoms with van der Waals surface area (Å²) in [6.07, 6.45) is 5.62. The molecule has 0 aromatic carbocycles. The number of methoxy groups -OCH3 is 1. The minimum absolute atomic E-state index is 0.0264. The zero-order valence-electron chi connectivity index (χ0n) is 27.8. The first kappa shape index (κ1) is 41.2. The van der Waals surface area contributed by atoms with Crippen molar-refractivity contribution in [3.63, 3.8) is 0 Å². The number of ether oxygens (including phenoxy) is 2. The number of nitrogens with zero attached hydrogens (tertiary/aromatic N) is 1. The van der Waals surface area contributed by atoms with E-state index in [9.17, 15) is 0 Å². The molecule has 0 aromatic heterocycles. The molecule has 15 heteroatoms. The smallest absolute Gasteiger partial charge is 0.382 e. The molecule has 0 fully saturated rings. The molecule has 12 nitrogen and oxygen atoms in total. The first-order valence-corrected chi connectivity index (χ1v) is 20.1. The van der Waals surface area contributed by atoms with E-state index >= 15 is 0 Å². The molecule has 0 aliphatic heterocycles. The minimum atomic E-state index is -2.70. The Balaban J connectivity index is 5.99. The molecule has 0 radical (unpaired) electrons. The summed E-state index contributed by atoms with van der Waals surface area (Å²) in [5, 5.41) is 0. The van der Waals surface area contributed by atoms with Crippen LogP contribution in [0.25, 0.3) is 0 Å². The van der Waals surface area contributed by atoms with Crippen LogP contribution in [0.15, 0.2) is 0 Å². The monoisotopic (exact) mass is 647 g/mol. The minimum Gasteiger partial charge on any atom is -0.382 e. The van der Waals surface area contributed by atoms with Crippen LogP contribution in [0.1, 0.15) is 38.5 Å². The second-order valence-electron chi connectivity index (χ2n) is 10.3. The second kappa shape index (κ2) is 22.6. The maximum atomic E-state index is 5.77. The molecule has 0 amide bonds. The van der Waals surface area contributed by atoms with Crippen LogP contribution in [-0.4, -0.2) is 142 Å². The molecule has 0 heterocycles. The van der Waals surface area contributed by atoms with Crippen LogP contribution in [-0.2, 0) is 49.3 Å². The van der Waals surface area contributed by atoms with E-state index in [4.69, 9.17) is 49.3 Å². The third-order valence-electron chi connectivity index (χ3n) is 8.02. The predicted molar refractivity (Wildman–Crippen MR) is 165 cm³/mol. The molecule has 0 saturated heterocycles. The van der Waals surface area contributed by atoms with Gasteiger partial charge in [0, 0.05) is 102 Å². The first-order valence-electron chi connectivity index (χ1n) is 14.3. The maximum Gasteiger partial charge on any atom is 0.500 e. The highest BCUT2D eigenvalue weighted by molar-refractivity contribution is 6.61. The summed E-state index contributed by atoms with van der Waals surface area (Å²) in [4.78, 5) is 2.36. The highest BCUT2D eigenvalue weighted by atomic mass is 28.4. The van der Waals surface area contributed by atoms with Crippen LogP contribution in [0.2, 0.25) is 18.1 Å². The molecule has 0 unspecified atom stereocenters. The Morgan fingerprint density at radius 2 is 0.829 bits per heavy atom. The van der Waals surface area contributed by atoms with Gasteiger partial charge in [0.2, 0.25) is 0 Å². The van der Waals surface area contributed by atoms with Crippen LogP contribution >= 0.6 is 0 Å². The number of rotatable bonds is 29. The summed E-state index contributed by atoms with van der Waals surface area (Å²) in [5.41, 5.74) is -0.0264. The number of likely N-dealkylation sites (N-methyl/N-ethyl adjacent to an activating group) is 1. The molecule has 0 N–H and O–H groups in total. The Kier molecular flexibility index (Phi) is 22.7. The second-order valence-corrected chi connectivity index (χ2v) is 19.6. The molecule has 0 aliphatic carbocycles. The van der Waals surface area contributed by atoms with Crippen LogP contribution in [0.5, 0.6) is 0 Å². The van der Waals surface area contributed by atoms with E-state index in [1.165, 1.54) is 0 Å². The lowest BCUT2D eigenvalue weighted by molar-refractivity contribution is 0.0487. The van der Waals surface area contributed by atoms with Crippen molar-refractivity contribution in [1.82, 2.24) is 4.90 Å². The average Bonchev–Trinajstić information content (AvgIpc) is 3.00. The summed E-state index contributed by atoms with van der Waals surface area (Å²) in [7, 11) is 10.7. The Hall–Kier alpha value is 0.171. The van der Waals surface area contributed by atoms with Crippen LogP contribution in [0.3, 0.4) is 0 Å². The van der Waals surface area contributed by atoms with Gasteiger partial charge in [0.05, 0.1) is 19.8 Å². The van der Waals surface area contributed by atoms with Crippen molar-refractivity contribution in [3.8, 4) is 0 Å². The number of hydrogen-bond donors (Lipinski definition) is 0. The Bertz CT molecular complexity index is 538. The van der Waals surface area contributed by atoms with E-state index in [-0.39, 0.29) is 5.41 Å². The van der Waals surface area contributed by atoms with E-state index in [2.05, 4.69) is 11.9 Å². The van der Waals surface area contributed by atoms with E-state index in [0.29, 0.717) is 19.8 Å². The molecule has 0 atom stereocenters. The van der Waals surface area contributed by atoms with Gasteiger partial charge in [-0.1, -0.05) is 0 Å². The molecule has 0 saturated carbocycles. The van der Waals surface area contributed by atoms with Crippen molar-refractivity contribution in [1.29, 1.82) is 0 Å². The van der Waals surface area contributed by atoms with Gasteiger partial charge in [-0.05, 0) is 51.0 Å². The fraction of sp³-hybridized carbons (Fsp3) is 1.00. The predicted octanol–water partition coefficient (Wildman–Crippen LogP) is 3.54. The van der Waals surface area contributed by atoms with Crippen molar-refractivity contribution < 1.29 is 49.3 Å². The Morgan fingerprint density at radius 3 is 1.12 bits per heavy atom. The SMILES string of the molecule is COCCOCCN(C)CC(CCC[Si](OC)(OC)OC)(CCC[Si](OC)(OC)OC)CCC[Si](OC)(OC)OC. The van der Waals surface area contributed by atoms with Gasteiger partial charge in [-0.15, -0.1) is 0 Å². The zero-order valence-corrected chi connectivity index (χ0v) is 30.8. The van der Waals surface area contributed by atoms with Crippen molar-refractivity contribution >= 4 is 26.4 Å². The first-order chi connectivity index (χ1) is 19.6. The van der Waals surface area contributed by atoms with Crippen LogP contribution in [0, 0.1) is 5.41 Å². The van der Waals surface area contributed by atoms with Gasteiger partial charge in [0.25, 0.3) is 0 Å². The van der Waals surface area contributed by atoms with Gasteiger partial charge in [-0.3, -0.25) is 0 Å². The standard InChI is InChI=1S/C26H61NO11Si3/c1-27(18-19-38-21-20-28-2)25-26(15-12-22-39(29-3,30-4)31-5,16-13-23-40(32-6,33-7)34-8)17-14-24-41(35-9,36-10)37-11/h12-25H2,1-11H3. The molecule has 0 rings (SSSR count). The van der Waals surface area contributed by atoms with Crippen LogP contribution < -0.4 is 0 Å². The number of hydrogen-bond acceptors (Lipinski definition) is 12. The van der Waals surface area contributed by atoms with Crippen molar-refractivity contribution in [2.24, 2.45) is 5.41 Å². The largest absolute Gasteiger partial charge is 0.500 e. The quantitative estimate of drug-likeness (QED) is 0.0876. The van der Waals surface area contributed by atoms with E-state index in [0.717, 1.165) is 69.7 Å². The Morgan fingerprint density at radius 1 is 0.488 bits per heavy atom. The van der Waals surface area contributed by atoms with E-state index < -0.39 is 26.4 Å². The van der Waals surface area contributed by atoms with Gasteiger partial charge in [0.1, 0.15) is 0 Å². The summed E-state index contributed by atoms with van der Waals surface area (Å²) in [5.74, 6) is 0. The van der Waals surface area contributed by atoms with Gasteiger partial charge in [-0.25, -0.2) is 0 Å². The maximum absolute atomic E-state index is 5.77. The Labute approximate surface area is 253 Å². The van der Waals surface area contributed by atoms with Crippen molar-refractivity contribution in [2.45, 2.75) is 56.7 Å². The molecular formula is C26H61NO11Si3. The summed E-state index contributed by atoms with van der Waals surface area (Å²) in [6.45, 7) is 3.53. The molecule has 0 spiro atoms. The van der Waals surface area contributed by atoms with Crippen molar-refractivity contribution in [2.75, 3.05) is 111 Å². The molecular weight excluding hydrogens is 587 g/mol. The lowest BCUT2D eigenvalue weighted by Crippen LogP contribution is -2.45. The fourth-order valence-electron chi connectivity index (χ4n) is 5.44. The van der Waals surface area contributed by atoms with Gasteiger partial charge >= 0.3 is 26.4 Å². The fourth-order valence-corrected chi connectivity index (χ4v) is 10.6. The van der Waals surface area contributed by atoms with E-state index in [1.807, 2.05) is 0 Å². The zero-order chi connectivity index (χ0) is 31.3. The lowest BCUT2D eigenvalue weighted by Gasteiger charge is -2.39. The van der Waals surface area contributed by atoms with Crippen LogP contribution in [0.4, 0.5) is 0 Å². The van der Waals surface area contributed by atoms with Gasteiger partial charge in [0.15, 0.2) is 0 Å². The third kappa shape index (κ3) is 14.7. The van der Waals surface area contributed by atoms with Gasteiger partial charge in [-0.2, -0.15) is 0 Å². The average molecular weight is 648 g/mol. The van der Waals surface area contributed by atoms with Crippen molar-refractivity contribution in [3.05, 3.63) is 0 Å². The summed E-state index contributed by atoms with van der Waals surface area (Å²) < 4.78 is 62.4. The third-order valence-corrected chi connectivity index (χ3v) is 16.5. The highest BCUT2D eigenvalue weighted by Crippen LogP contribution is 2.40.